The van der Waals surface area contributed by atoms with Gasteiger partial charge in [-0.25, -0.2) is 4.79 Å². The summed E-state index contributed by atoms with van der Waals surface area (Å²) >= 11 is 0. The average Bonchev–Trinajstić information content (AvgIpc) is 2.45. The molecule has 0 aliphatic carbocycles. The van der Waals surface area contributed by atoms with Crippen molar-refractivity contribution in [2.45, 2.75) is 73.5 Å². The van der Waals surface area contributed by atoms with Gasteiger partial charge in [0.1, 0.15) is 5.60 Å². The number of amides is 3. The van der Waals surface area contributed by atoms with Crippen LogP contribution in [0.3, 0.4) is 0 Å². The number of nitrogens with zero attached hydrogens (tertiary/aromatic N) is 1. The van der Waals surface area contributed by atoms with Gasteiger partial charge in [0.2, 0.25) is 11.8 Å². The second kappa shape index (κ2) is 11.0. The van der Waals surface area contributed by atoms with Gasteiger partial charge in [0.05, 0.1) is 12.5 Å². The molecule has 0 unspecified atom stereocenters. The van der Waals surface area contributed by atoms with E-state index in [9.17, 15) is 14.4 Å². The third kappa shape index (κ3) is 10.9. The van der Waals surface area contributed by atoms with E-state index in [0.29, 0.717) is 13.0 Å². The van der Waals surface area contributed by atoms with Crippen molar-refractivity contribution in [2.75, 3.05) is 19.6 Å². The van der Waals surface area contributed by atoms with Crippen molar-refractivity contribution in [1.82, 2.24) is 15.5 Å². The molecule has 0 aromatic heterocycles. The number of likely N-dealkylation sites (N-methyl/N-ethyl adjacent to an activating group) is 1. The predicted octanol–water partition coefficient (Wildman–Crippen LogP) is 2.55. The van der Waals surface area contributed by atoms with Crippen LogP contribution in [0.2, 0.25) is 0 Å². The van der Waals surface area contributed by atoms with Crippen LogP contribution in [0.25, 0.3) is 0 Å². The maximum atomic E-state index is 12.9. The van der Waals surface area contributed by atoms with Crippen LogP contribution < -0.4 is 10.6 Å². The summed E-state index contributed by atoms with van der Waals surface area (Å²) in [5.74, 6) is -0.420. The molecule has 152 valence electrons. The van der Waals surface area contributed by atoms with Crippen LogP contribution in [0.15, 0.2) is 0 Å². The van der Waals surface area contributed by atoms with Gasteiger partial charge < -0.3 is 20.3 Å². The highest BCUT2D eigenvalue weighted by molar-refractivity contribution is 5.86. The summed E-state index contributed by atoms with van der Waals surface area (Å²) < 4.78 is 5.23. The number of alkyl carbamates (subject to hydrolysis) is 1. The van der Waals surface area contributed by atoms with E-state index in [1.165, 1.54) is 4.90 Å². The summed E-state index contributed by atoms with van der Waals surface area (Å²) in [5.41, 5.74) is -0.591. The van der Waals surface area contributed by atoms with Crippen molar-refractivity contribution in [1.29, 1.82) is 0 Å². The molecule has 0 spiro atoms. The molecule has 3 amide bonds. The van der Waals surface area contributed by atoms with E-state index >= 15 is 0 Å². The summed E-state index contributed by atoms with van der Waals surface area (Å²) in [7, 11) is 0. The van der Waals surface area contributed by atoms with E-state index in [-0.39, 0.29) is 36.9 Å². The molecule has 0 aromatic carbocycles. The zero-order chi connectivity index (χ0) is 20.5. The molecule has 0 aliphatic heterocycles. The Balaban J connectivity index is 4.93. The standard InChI is InChI=1S/C19H37N3O4/c1-9-22(12-16(23)21-14(4)5)17(24)15(10-13(2)3)11-20-18(25)26-19(6,7)8/h13-15H,9-12H2,1-8H3,(H,20,25)(H,21,23)/t15-/m0/s1. The molecule has 0 saturated heterocycles. The van der Waals surface area contributed by atoms with E-state index < -0.39 is 17.6 Å². The number of hydrogen-bond donors (Lipinski definition) is 2. The van der Waals surface area contributed by atoms with E-state index in [2.05, 4.69) is 10.6 Å². The Kier molecular flexibility index (Phi) is 10.3. The van der Waals surface area contributed by atoms with Crippen LogP contribution >= 0.6 is 0 Å². The maximum Gasteiger partial charge on any atom is 0.407 e. The van der Waals surface area contributed by atoms with Gasteiger partial charge >= 0.3 is 6.09 Å². The zero-order valence-electron chi connectivity index (χ0n) is 17.6. The van der Waals surface area contributed by atoms with Gasteiger partial charge in [-0.15, -0.1) is 0 Å². The average molecular weight is 372 g/mol. The predicted molar refractivity (Wildman–Crippen MR) is 103 cm³/mol. The van der Waals surface area contributed by atoms with Crippen molar-refractivity contribution in [3.05, 3.63) is 0 Å². The lowest BCUT2D eigenvalue weighted by Gasteiger charge is -2.28. The molecule has 0 heterocycles. The van der Waals surface area contributed by atoms with Crippen LogP contribution in [0.5, 0.6) is 0 Å². The normalized spacial score (nSPS) is 12.7. The molecule has 7 nitrogen and oxygen atoms in total. The van der Waals surface area contributed by atoms with Gasteiger partial charge in [-0.1, -0.05) is 13.8 Å². The van der Waals surface area contributed by atoms with Crippen LogP contribution in [-0.4, -0.2) is 54.1 Å². The van der Waals surface area contributed by atoms with E-state index in [4.69, 9.17) is 4.74 Å². The summed E-state index contributed by atoms with van der Waals surface area (Å²) in [6.07, 6.45) is 0.0800. The van der Waals surface area contributed by atoms with Crippen molar-refractivity contribution >= 4 is 17.9 Å². The first-order valence-electron chi connectivity index (χ1n) is 9.40. The quantitative estimate of drug-likeness (QED) is 0.652. The van der Waals surface area contributed by atoms with E-state index in [1.807, 2.05) is 34.6 Å². The second-order valence-electron chi connectivity index (χ2n) is 8.28. The Morgan fingerprint density at radius 2 is 1.65 bits per heavy atom. The molecule has 7 heteroatoms. The van der Waals surface area contributed by atoms with Crippen molar-refractivity contribution in [3.8, 4) is 0 Å². The summed E-state index contributed by atoms with van der Waals surface area (Å²) in [6, 6.07) is 0.0246. The molecule has 0 bridgehead atoms. The molecule has 0 rings (SSSR count). The number of carbonyl (C=O) groups is 3. The smallest absolute Gasteiger partial charge is 0.407 e. The number of hydrogen-bond acceptors (Lipinski definition) is 4. The third-order valence-corrected chi connectivity index (χ3v) is 3.47. The Morgan fingerprint density at radius 1 is 1.08 bits per heavy atom. The van der Waals surface area contributed by atoms with Gasteiger partial charge in [0.25, 0.3) is 0 Å². The number of carbonyl (C=O) groups excluding carboxylic acids is 3. The number of nitrogens with one attached hydrogen (secondary N) is 2. The minimum atomic E-state index is -0.591. The molecule has 0 saturated carbocycles. The minimum absolute atomic E-state index is 0.0224. The van der Waals surface area contributed by atoms with Crippen LogP contribution in [0.1, 0.15) is 61.8 Å². The Hall–Kier alpha value is -1.79. The van der Waals surface area contributed by atoms with E-state index in [0.717, 1.165) is 0 Å². The first-order chi connectivity index (χ1) is 11.9. The summed E-state index contributed by atoms with van der Waals surface area (Å²) in [4.78, 5) is 38.3. The summed E-state index contributed by atoms with van der Waals surface area (Å²) in [6.45, 7) is 15.7. The van der Waals surface area contributed by atoms with Crippen molar-refractivity contribution < 1.29 is 19.1 Å². The van der Waals surface area contributed by atoms with E-state index in [1.54, 1.807) is 20.8 Å². The third-order valence-electron chi connectivity index (χ3n) is 3.47. The Labute approximate surface area is 158 Å². The Bertz CT molecular complexity index is 470. The fourth-order valence-corrected chi connectivity index (χ4v) is 2.51. The monoisotopic (exact) mass is 371 g/mol. The first kappa shape index (κ1) is 24.2. The highest BCUT2D eigenvalue weighted by Crippen LogP contribution is 2.15. The lowest BCUT2D eigenvalue weighted by molar-refractivity contribution is -0.139. The molecule has 0 fully saturated rings. The molecular formula is C19H37N3O4. The molecule has 2 N–H and O–H groups in total. The highest BCUT2D eigenvalue weighted by Gasteiger charge is 2.27. The lowest BCUT2D eigenvalue weighted by atomic mass is 9.95. The Morgan fingerprint density at radius 3 is 2.08 bits per heavy atom. The number of rotatable bonds is 9. The second-order valence-corrected chi connectivity index (χ2v) is 8.28. The molecule has 0 radical (unpaired) electrons. The van der Waals surface area contributed by atoms with Gasteiger partial charge in [-0.3, -0.25) is 9.59 Å². The number of ether oxygens (including phenoxy) is 1. The lowest BCUT2D eigenvalue weighted by Crippen LogP contribution is -2.47. The fraction of sp³-hybridized carbons (Fsp3) is 0.842. The van der Waals surface area contributed by atoms with Gasteiger partial charge in [0, 0.05) is 19.1 Å². The molecule has 1 atom stereocenters. The first-order valence-corrected chi connectivity index (χ1v) is 9.40. The van der Waals surface area contributed by atoms with Gasteiger partial charge in [-0.05, 0) is 53.9 Å². The maximum absolute atomic E-state index is 12.9. The molecule has 26 heavy (non-hydrogen) atoms. The highest BCUT2D eigenvalue weighted by atomic mass is 16.6. The van der Waals surface area contributed by atoms with Crippen LogP contribution in [0, 0.1) is 11.8 Å². The van der Waals surface area contributed by atoms with Gasteiger partial charge in [-0.2, -0.15) is 0 Å². The molecule has 0 aromatic rings. The van der Waals surface area contributed by atoms with Gasteiger partial charge in [0.15, 0.2) is 0 Å². The largest absolute Gasteiger partial charge is 0.444 e. The molecular weight excluding hydrogens is 334 g/mol. The topological polar surface area (TPSA) is 87.7 Å². The van der Waals surface area contributed by atoms with Crippen LogP contribution in [0.4, 0.5) is 4.79 Å². The SMILES string of the molecule is CCN(CC(=O)NC(C)C)C(=O)[C@H](CNC(=O)OC(C)(C)C)CC(C)C. The molecule has 0 aliphatic rings. The van der Waals surface area contributed by atoms with Crippen molar-refractivity contribution in [3.63, 3.8) is 0 Å². The fourth-order valence-electron chi connectivity index (χ4n) is 2.51. The van der Waals surface area contributed by atoms with Crippen molar-refractivity contribution in [2.24, 2.45) is 11.8 Å². The minimum Gasteiger partial charge on any atom is -0.444 e. The summed E-state index contributed by atoms with van der Waals surface area (Å²) in [5, 5.41) is 5.48. The zero-order valence-corrected chi connectivity index (χ0v) is 17.6. The van der Waals surface area contributed by atoms with Crippen LogP contribution in [-0.2, 0) is 14.3 Å².